The molecule has 0 spiro atoms. The quantitative estimate of drug-likeness (QED) is 0.602. The molecule has 0 unspecified atom stereocenters. The fourth-order valence-electron chi connectivity index (χ4n) is 3.34. The molecule has 2 aromatic rings. The van der Waals surface area contributed by atoms with Gasteiger partial charge in [-0.1, -0.05) is 36.4 Å². The number of rotatable bonds is 6. The summed E-state index contributed by atoms with van der Waals surface area (Å²) in [5, 5.41) is 2.94. The second-order valence-corrected chi connectivity index (χ2v) is 6.77. The fraction of sp³-hybridized carbons (Fsp3) is 0.261. The predicted octanol–water partition coefficient (Wildman–Crippen LogP) is 3.22. The largest absolute Gasteiger partial charge is 0.465 e. The van der Waals surface area contributed by atoms with Crippen molar-refractivity contribution in [3.63, 3.8) is 0 Å². The van der Waals surface area contributed by atoms with Crippen molar-refractivity contribution in [2.45, 2.75) is 25.3 Å². The van der Waals surface area contributed by atoms with E-state index in [1.807, 2.05) is 18.2 Å². The standard InChI is InChI=1S/C23H23NO5/c1-28-23(27)18-12-9-16(10-13-18)11-14-22(26)29-15-21(25)24-20-8-4-6-17-5-2-3-7-19(17)20/h2-3,5,7,9-14,20H,4,6,8,15H2,1H3,(H,24,25)/b14-11+/t20-/m1/s1. The van der Waals surface area contributed by atoms with Crippen molar-refractivity contribution in [3.05, 3.63) is 76.9 Å². The summed E-state index contributed by atoms with van der Waals surface area (Å²) in [6.07, 6.45) is 5.70. The summed E-state index contributed by atoms with van der Waals surface area (Å²) < 4.78 is 9.66. The maximum atomic E-state index is 12.2. The Morgan fingerprint density at radius 2 is 1.86 bits per heavy atom. The number of ether oxygens (including phenoxy) is 2. The molecule has 1 aliphatic carbocycles. The molecule has 0 fully saturated rings. The van der Waals surface area contributed by atoms with Crippen molar-refractivity contribution in [2.75, 3.05) is 13.7 Å². The predicted molar refractivity (Wildman–Crippen MR) is 108 cm³/mol. The Hall–Kier alpha value is -3.41. The minimum atomic E-state index is -0.610. The first-order chi connectivity index (χ1) is 14.1. The van der Waals surface area contributed by atoms with E-state index in [-0.39, 0.29) is 18.6 Å². The average Bonchev–Trinajstić information content (AvgIpc) is 2.76. The molecular weight excluding hydrogens is 370 g/mol. The minimum absolute atomic E-state index is 0.0463. The molecule has 6 nitrogen and oxygen atoms in total. The van der Waals surface area contributed by atoms with Gasteiger partial charge in [-0.15, -0.1) is 0 Å². The van der Waals surface area contributed by atoms with E-state index >= 15 is 0 Å². The lowest BCUT2D eigenvalue weighted by Gasteiger charge is -2.26. The third-order valence-electron chi connectivity index (χ3n) is 4.79. The maximum absolute atomic E-state index is 12.2. The van der Waals surface area contributed by atoms with E-state index in [4.69, 9.17) is 4.74 Å². The molecule has 3 rings (SSSR count). The van der Waals surface area contributed by atoms with Gasteiger partial charge in [0.25, 0.3) is 5.91 Å². The first kappa shape index (κ1) is 20.3. The van der Waals surface area contributed by atoms with Crippen LogP contribution in [-0.2, 0) is 25.5 Å². The van der Waals surface area contributed by atoms with Gasteiger partial charge >= 0.3 is 11.9 Å². The van der Waals surface area contributed by atoms with E-state index in [2.05, 4.69) is 16.1 Å². The Balaban J connectivity index is 1.47. The third kappa shape index (κ3) is 5.54. The molecule has 0 aliphatic heterocycles. The summed E-state index contributed by atoms with van der Waals surface area (Å²) in [6, 6.07) is 14.6. The highest BCUT2D eigenvalue weighted by Crippen LogP contribution is 2.29. The Morgan fingerprint density at radius 3 is 2.62 bits per heavy atom. The van der Waals surface area contributed by atoms with Crippen LogP contribution in [0.3, 0.4) is 0 Å². The Morgan fingerprint density at radius 1 is 1.10 bits per heavy atom. The first-order valence-corrected chi connectivity index (χ1v) is 9.47. The van der Waals surface area contributed by atoms with E-state index in [1.54, 1.807) is 30.3 Å². The molecule has 6 heteroatoms. The van der Waals surface area contributed by atoms with Gasteiger partial charge in [0.05, 0.1) is 18.7 Å². The molecule has 150 valence electrons. The van der Waals surface area contributed by atoms with Crippen LogP contribution in [0.1, 0.15) is 45.9 Å². The fourth-order valence-corrected chi connectivity index (χ4v) is 3.34. The van der Waals surface area contributed by atoms with Crippen LogP contribution in [0.5, 0.6) is 0 Å². The lowest BCUT2D eigenvalue weighted by atomic mass is 9.88. The molecule has 0 aromatic heterocycles. The van der Waals surface area contributed by atoms with Crippen LogP contribution in [0, 0.1) is 0 Å². The summed E-state index contributed by atoms with van der Waals surface area (Å²) >= 11 is 0. The van der Waals surface area contributed by atoms with Gasteiger partial charge in [-0.2, -0.15) is 0 Å². The normalized spacial score (nSPS) is 15.4. The van der Waals surface area contributed by atoms with Crippen LogP contribution in [-0.4, -0.2) is 31.6 Å². The smallest absolute Gasteiger partial charge is 0.337 e. The molecule has 0 bridgehead atoms. The van der Waals surface area contributed by atoms with Gasteiger partial charge in [-0.05, 0) is 54.2 Å². The zero-order valence-corrected chi connectivity index (χ0v) is 16.2. The second kappa shape index (κ2) is 9.68. The van der Waals surface area contributed by atoms with E-state index in [0.717, 1.165) is 30.4 Å². The zero-order chi connectivity index (χ0) is 20.6. The monoisotopic (exact) mass is 393 g/mol. The van der Waals surface area contributed by atoms with E-state index < -0.39 is 11.9 Å². The summed E-state index contributed by atoms with van der Waals surface area (Å²) in [5.41, 5.74) is 3.53. The zero-order valence-electron chi connectivity index (χ0n) is 16.2. The summed E-state index contributed by atoms with van der Waals surface area (Å²) in [7, 11) is 1.31. The molecule has 0 radical (unpaired) electrons. The van der Waals surface area contributed by atoms with Gasteiger partial charge in [-0.25, -0.2) is 9.59 Å². The van der Waals surface area contributed by atoms with Crippen molar-refractivity contribution < 1.29 is 23.9 Å². The van der Waals surface area contributed by atoms with E-state index in [0.29, 0.717) is 5.56 Å². The maximum Gasteiger partial charge on any atom is 0.337 e. The molecular formula is C23H23NO5. The van der Waals surface area contributed by atoms with Gasteiger partial charge in [0.1, 0.15) is 0 Å². The lowest BCUT2D eigenvalue weighted by molar-refractivity contribution is -0.144. The average molecular weight is 393 g/mol. The summed E-state index contributed by atoms with van der Waals surface area (Å²) in [5.74, 6) is -1.36. The number of benzene rings is 2. The number of fused-ring (bicyclic) bond motifs is 1. The van der Waals surface area contributed by atoms with Crippen LogP contribution in [0.25, 0.3) is 6.08 Å². The summed E-state index contributed by atoms with van der Waals surface area (Å²) in [6.45, 7) is -0.330. The van der Waals surface area contributed by atoms with E-state index in [9.17, 15) is 14.4 Å². The van der Waals surface area contributed by atoms with Gasteiger partial charge in [0.15, 0.2) is 6.61 Å². The third-order valence-corrected chi connectivity index (χ3v) is 4.79. The van der Waals surface area contributed by atoms with Gasteiger partial charge < -0.3 is 14.8 Å². The molecule has 2 aromatic carbocycles. The van der Waals surface area contributed by atoms with Crippen molar-refractivity contribution in [1.29, 1.82) is 0 Å². The minimum Gasteiger partial charge on any atom is -0.465 e. The van der Waals surface area contributed by atoms with Crippen molar-refractivity contribution in [2.24, 2.45) is 0 Å². The molecule has 1 atom stereocenters. The van der Waals surface area contributed by atoms with Crippen molar-refractivity contribution in [3.8, 4) is 0 Å². The number of aryl methyl sites for hydroxylation is 1. The molecule has 1 amide bonds. The number of hydrogen-bond donors (Lipinski definition) is 1. The Bertz CT molecular complexity index is 917. The van der Waals surface area contributed by atoms with Gasteiger partial charge in [-0.3, -0.25) is 4.79 Å². The van der Waals surface area contributed by atoms with Crippen molar-refractivity contribution >= 4 is 23.9 Å². The highest BCUT2D eigenvalue weighted by atomic mass is 16.5. The highest BCUT2D eigenvalue weighted by molar-refractivity contribution is 5.91. The molecule has 1 aliphatic rings. The van der Waals surface area contributed by atoms with Crippen LogP contribution in [0.2, 0.25) is 0 Å². The second-order valence-electron chi connectivity index (χ2n) is 6.77. The number of esters is 2. The molecule has 0 saturated carbocycles. The Kier molecular flexibility index (Phi) is 6.79. The lowest BCUT2D eigenvalue weighted by Crippen LogP contribution is -2.34. The summed E-state index contributed by atoms with van der Waals surface area (Å²) in [4.78, 5) is 35.4. The Labute approximate surface area is 169 Å². The van der Waals surface area contributed by atoms with Crippen LogP contribution in [0.15, 0.2) is 54.6 Å². The molecule has 1 N–H and O–H groups in total. The number of amides is 1. The van der Waals surface area contributed by atoms with Gasteiger partial charge in [0, 0.05) is 6.08 Å². The first-order valence-electron chi connectivity index (χ1n) is 9.47. The van der Waals surface area contributed by atoms with E-state index in [1.165, 1.54) is 18.7 Å². The number of carbonyl (C=O) groups excluding carboxylic acids is 3. The van der Waals surface area contributed by atoms with Crippen molar-refractivity contribution in [1.82, 2.24) is 5.32 Å². The number of nitrogens with one attached hydrogen (secondary N) is 1. The number of carbonyl (C=O) groups is 3. The molecule has 0 heterocycles. The molecule has 29 heavy (non-hydrogen) atoms. The van der Waals surface area contributed by atoms with Crippen LogP contribution < -0.4 is 5.32 Å². The van der Waals surface area contributed by atoms with Crippen LogP contribution >= 0.6 is 0 Å². The van der Waals surface area contributed by atoms with Gasteiger partial charge in [0.2, 0.25) is 0 Å². The number of hydrogen-bond acceptors (Lipinski definition) is 5. The van der Waals surface area contributed by atoms with Crippen LogP contribution in [0.4, 0.5) is 0 Å². The number of methoxy groups -OCH3 is 1. The molecule has 0 saturated heterocycles. The SMILES string of the molecule is COC(=O)c1ccc(/C=C/C(=O)OCC(=O)N[C@@H]2CCCc3ccccc32)cc1. The highest BCUT2D eigenvalue weighted by Gasteiger charge is 2.21. The topological polar surface area (TPSA) is 81.7 Å².